The fourth-order valence-corrected chi connectivity index (χ4v) is 4.46. The molecule has 2 aromatic heterocycles. The number of benzene rings is 1. The van der Waals surface area contributed by atoms with Gasteiger partial charge in [-0.1, -0.05) is 22.0 Å². The molecule has 0 radical (unpaired) electrons. The first-order valence-corrected chi connectivity index (χ1v) is 10.8. The lowest BCUT2D eigenvalue weighted by atomic mass is 10.1. The van der Waals surface area contributed by atoms with Crippen LogP contribution in [0.1, 0.15) is 33.9 Å². The smallest absolute Gasteiger partial charge is 0.253 e. The molecule has 0 aliphatic carbocycles. The molecule has 0 saturated carbocycles. The van der Waals surface area contributed by atoms with E-state index in [-0.39, 0.29) is 5.91 Å². The highest BCUT2D eigenvalue weighted by atomic mass is 79.9. The van der Waals surface area contributed by atoms with Gasteiger partial charge in [-0.25, -0.2) is 0 Å². The summed E-state index contributed by atoms with van der Waals surface area (Å²) in [5.74, 6) is 1.35. The SMILES string of the molecule is Cc1cc(C(=O)NCC2CCN(c3cccc(Br)c3)C2)c(C)n1Cc1ccco1. The number of hydrogen-bond donors (Lipinski definition) is 1. The molecular formula is C23H26BrN3O2. The Labute approximate surface area is 179 Å². The van der Waals surface area contributed by atoms with Crippen molar-refractivity contribution in [2.75, 3.05) is 24.5 Å². The summed E-state index contributed by atoms with van der Waals surface area (Å²) in [5, 5.41) is 3.15. The quantitative estimate of drug-likeness (QED) is 0.582. The number of furan rings is 1. The van der Waals surface area contributed by atoms with Crippen LogP contribution in [0.25, 0.3) is 0 Å². The van der Waals surface area contributed by atoms with Crippen LogP contribution < -0.4 is 10.2 Å². The van der Waals surface area contributed by atoms with E-state index < -0.39 is 0 Å². The Morgan fingerprint density at radius 1 is 1.24 bits per heavy atom. The van der Waals surface area contributed by atoms with Gasteiger partial charge in [0.1, 0.15) is 5.76 Å². The number of amides is 1. The number of nitrogens with zero attached hydrogens (tertiary/aromatic N) is 2. The van der Waals surface area contributed by atoms with E-state index in [1.165, 1.54) is 5.69 Å². The zero-order valence-electron chi connectivity index (χ0n) is 16.8. The molecule has 5 nitrogen and oxygen atoms in total. The molecule has 6 heteroatoms. The highest BCUT2D eigenvalue weighted by molar-refractivity contribution is 9.10. The fourth-order valence-electron chi connectivity index (χ4n) is 4.07. The number of rotatable bonds is 6. The van der Waals surface area contributed by atoms with Gasteiger partial charge in [0.2, 0.25) is 0 Å². The lowest BCUT2D eigenvalue weighted by Gasteiger charge is -2.19. The molecule has 1 aromatic carbocycles. The molecule has 0 bridgehead atoms. The summed E-state index contributed by atoms with van der Waals surface area (Å²) in [7, 11) is 0. The molecule has 0 spiro atoms. The van der Waals surface area contributed by atoms with Crippen LogP contribution in [0.5, 0.6) is 0 Å². The van der Waals surface area contributed by atoms with Crippen molar-refractivity contribution in [1.82, 2.24) is 9.88 Å². The second kappa shape index (κ2) is 8.49. The van der Waals surface area contributed by atoms with Crippen LogP contribution in [0, 0.1) is 19.8 Å². The number of hydrogen-bond acceptors (Lipinski definition) is 3. The number of carbonyl (C=O) groups is 1. The molecule has 3 heterocycles. The maximum absolute atomic E-state index is 12.8. The standard InChI is InChI=1S/C23H26BrN3O2/c1-16-11-22(17(2)27(16)15-21-7-4-10-29-21)23(28)25-13-18-8-9-26(14-18)20-6-3-5-19(24)12-20/h3-7,10-12,18H,8-9,13-15H2,1-2H3,(H,25,28). The Hall–Kier alpha value is -2.47. The van der Waals surface area contributed by atoms with E-state index in [2.05, 4.69) is 48.9 Å². The van der Waals surface area contributed by atoms with E-state index in [0.29, 0.717) is 19.0 Å². The van der Waals surface area contributed by atoms with Crippen molar-refractivity contribution in [2.24, 2.45) is 5.92 Å². The van der Waals surface area contributed by atoms with E-state index in [4.69, 9.17) is 4.42 Å². The minimum Gasteiger partial charge on any atom is -0.467 e. The van der Waals surface area contributed by atoms with Crippen molar-refractivity contribution in [1.29, 1.82) is 0 Å². The van der Waals surface area contributed by atoms with Gasteiger partial charge in [-0.3, -0.25) is 4.79 Å². The number of nitrogens with one attached hydrogen (secondary N) is 1. The molecule has 1 atom stereocenters. The fraction of sp³-hybridized carbons (Fsp3) is 0.348. The summed E-state index contributed by atoms with van der Waals surface area (Å²) in [6, 6.07) is 14.2. The van der Waals surface area contributed by atoms with Gasteiger partial charge in [0.15, 0.2) is 0 Å². The van der Waals surface area contributed by atoms with Crippen molar-refractivity contribution in [3.05, 3.63) is 75.9 Å². The molecule has 1 fully saturated rings. The largest absolute Gasteiger partial charge is 0.467 e. The normalized spacial score (nSPS) is 16.4. The van der Waals surface area contributed by atoms with Gasteiger partial charge >= 0.3 is 0 Å². The third kappa shape index (κ3) is 4.42. The zero-order chi connectivity index (χ0) is 20.4. The summed E-state index contributed by atoms with van der Waals surface area (Å²) < 4.78 is 8.67. The third-order valence-corrected chi connectivity index (χ3v) is 6.22. The molecule has 152 valence electrons. The molecular weight excluding hydrogens is 430 g/mol. The average Bonchev–Trinajstić information content (AvgIpc) is 3.44. The van der Waals surface area contributed by atoms with E-state index in [1.807, 2.05) is 38.1 Å². The van der Waals surface area contributed by atoms with Gasteiger partial charge in [-0.2, -0.15) is 0 Å². The van der Waals surface area contributed by atoms with E-state index >= 15 is 0 Å². The number of anilines is 1. The topological polar surface area (TPSA) is 50.4 Å². The number of halogens is 1. The lowest BCUT2D eigenvalue weighted by molar-refractivity contribution is 0.0947. The Kier molecular flexibility index (Phi) is 5.81. The van der Waals surface area contributed by atoms with Gasteiger partial charge < -0.3 is 19.2 Å². The summed E-state index contributed by atoms with van der Waals surface area (Å²) in [4.78, 5) is 15.2. The van der Waals surface area contributed by atoms with Crippen molar-refractivity contribution in [2.45, 2.75) is 26.8 Å². The van der Waals surface area contributed by atoms with Gasteiger partial charge in [0.05, 0.1) is 18.4 Å². The first-order chi connectivity index (χ1) is 14.0. The Bertz CT molecular complexity index is 994. The van der Waals surface area contributed by atoms with Crippen molar-refractivity contribution in [3.8, 4) is 0 Å². The Morgan fingerprint density at radius 2 is 2.10 bits per heavy atom. The number of aromatic nitrogens is 1. The Balaban J connectivity index is 1.35. The number of carbonyl (C=O) groups excluding carboxylic acids is 1. The monoisotopic (exact) mass is 455 g/mol. The van der Waals surface area contributed by atoms with Crippen LogP contribution in [0.2, 0.25) is 0 Å². The molecule has 1 aliphatic heterocycles. The molecule has 1 unspecified atom stereocenters. The zero-order valence-corrected chi connectivity index (χ0v) is 18.4. The number of aryl methyl sites for hydroxylation is 1. The van der Waals surface area contributed by atoms with E-state index in [1.54, 1.807) is 6.26 Å². The minimum absolute atomic E-state index is 0.00435. The van der Waals surface area contributed by atoms with Crippen LogP contribution in [0.15, 0.2) is 57.6 Å². The summed E-state index contributed by atoms with van der Waals surface area (Å²) >= 11 is 3.54. The lowest BCUT2D eigenvalue weighted by Crippen LogP contribution is -2.31. The third-order valence-electron chi connectivity index (χ3n) is 5.72. The maximum atomic E-state index is 12.8. The van der Waals surface area contributed by atoms with Crippen LogP contribution in [0.3, 0.4) is 0 Å². The highest BCUT2D eigenvalue weighted by Crippen LogP contribution is 2.26. The predicted octanol–water partition coefficient (Wildman–Crippen LogP) is 4.77. The Morgan fingerprint density at radius 3 is 2.86 bits per heavy atom. The van der Waals surface area contributed by atoms with Crippen LogP contribution in [-0.2, 0) is 6.54 Å². The maximum Gasteiger partial charge on any atom is 0.253 e. The van der Waals surface area contributed by atoms with Crippen molar-refractivity contribution >= 4 is 27.5 Å². The average molecular weight is 456 g/mol. The molecule has 4 rings (SSSR count). The summed E-state index contributed by atoms with van der Waals surface area (Å²) in [6.45, 7) is 7.35. The minimum atomic E-state index is 0.00435. The van der Waals surface area contributed by atoms with E-state index in [9.17, 15) is 4.79 Å². The first-order valence-electron chi connectivity index (χ1n) is 9.99. The van der Waals surface area contributed by atoms with Gasteiger partial charge in [0, 0.05) is 41.2 Å². The second-order valence-electron chi connectivity index (χ2n) is 7.74. The second-order valence-corrected chi connectivity index (χ2v) is 8.66. The van der Waals surface area contributed by atoms with Crippen LogP contribution in [-0.4, -0.2) is 30.1 Å². The van der Waals surface area contributed by atoms with Gasteiger partial charge in [0.25, 0.3) is 5.91 Å². The van der Waals surface area contributed by atoms with Crippen molar-refractivity contribution in [3.63, 3.8) is 0 Å². The molecule has 1 amide bonds. The van der Waals surface area contributed by atoms with Gasteiger partial charge in [-0.05, 0) is 62.6 Å². The summed E-state index contributed by atoms with van der Waals surface area (Å²) in [6.07, 6.45) is 2.76. The molecule has 3 aromatic rings. The molecule has 29 heavy (non-hydrogen) atoms. The van der Waals surface area contributed by atoms with Crippen molar-refractivity contribution < 1.29 is 9.21 Å². The van der Waals surface area contributed by atoms with E-state index in [0.717, 1.165) is 46.7 Å². The molecule has 1 N–H and O–H groups in total. The highest BCUT2D eigenvalue weighted by Gasteiger charge is 2.24. The van der Waals surface area contributed by atoms with Crippen LogP contribution in [0.4, 0.5) is 5.69 Å². The van der Waals surface area contributed by atoms with Crippen LogP contribution >= 0.6 is 15.9 Å². The molecule has 1 aliphatic rings. The summed E-state index contributed by atoms with van der Waals surface area (Å²) in [5.41, 5.74) is 4.01. The van der Waals surface area contributed by atoms with Gasteiger partial charge in [-0.15, -0.1) is 0 Å². The molecule has 1 saturated heterocycles. The first kappa shape index (κ1) is 19.8. The predicted molar refractivity (Wildman–Crippen MR) is 119 cm³/mol.